The van der Waals surface area contributed by atoms with Crippen molar-refractivity contribution in [3.8, 4) is 17.2 Å². The average Bonchev–Trinajstić information content (AvgIpc) is 2.66. The highest BCUT2D eigenvalue weighted by Gasteiger charge is 2.18. The lowest BCUT2D eigenvalue weighted by Crippen LogP contribution is -2.34. The van der Waals surface area contributed by atoms with Gasteiger partial charge in [-0.2, -0.15) is 0 Å². The summed E-state index contributed by atoms with van der Waals surface area (Å²) in [6, 6.07) is 10.7. The first-order valence-electron chi connectivity index (χ1n) is 7.85. The molecule has 2 rings (SSSR count). The van der Waals surface area contributed by atoms with Crippen LogP contribution in [0.3, 0.4) is 0 Å². The highest BCUT2D eigenvalue weighted by atomic mass is 16.5. The van der Waals surface area contributed by atoms with Gasteiger partial charge in [-0.25, -0.2) is 0 Å². The van der Waals surface area contributed by atoms with Crippen molar-refractivity contribution < 1.29 is 28.9 Å². The minimum absolute atomic E-state index is 0.378. The highest BCUT2D eigenvalue weighted by molar-refractivity contribution is 5.94. The van der Waals surface area contributed by atoms with Gasteiger partial charge in [0.2, 0.25) is 0 Å². The van der Waals surface area contributed by atoms with E-state index >= 15 is 0 Å². The van der Waals surface area contributed by atoms with Crippen LogP contribution in [0, 0.1) is 0 Å². The Hall–Kier alpha value is -3.22. The molecule has 7 heteroatoms. The van der Waals surface area contributed by atoms with Crippen LogP contribution in [0.25, 0.3) is 0 Å². The molecule has 0 fully saturated rings. The van der Waals surface area contributed by atoms with Crippen LogP contribution < -0.4 is 24.6 Å². The number of nitrogens with one attached hydrogen (secondary N) is 1. The second kappa shape index (κ2) is 8.75. The monoisotopic (exact) mass is 358 g/mol. The van der Waals surface area contributed by atoms with Crippen molar-refractivity contribution in [2.24, 2.45) is 0 Å². The molecule has 2 aromatic carbocycles. The van der Waals surface area contributed by atoms with Crippen molar-refractivity contribution in [3.63, 3.8) is 0 Å². The molecule has 1 amide bonds. The number of methoxy groups -OCH3 is 3. The number of aliphatic carboxylic acids is 1. The lowest BCUT2D eigenvalue weighted by atomic mass is 10.0. The van der Waals surface area contributed by atoms with E-state index in [9.17, 15) is 14.7 Å². The first-order chi connectivity index (χ1) is 12.5. The first kappa shape index (κ1) is 19.1. The molecule has 0 unspecified atom stereocenters. The minimum atomic E-state index is -1.28. The predicted octanol–water partition coefficient (Wildman–Crippen LogP) is 1.32. The van der Waals surface area contributed by atoms with Crippen molar-refractivity contribution in [1.29, 1.82) is 0 Å². The smallest absolute Gasteiger partial charge is 0.251 e. The molecule has 0 saturated carbocycles. The van der Waals surface area contributed by atoms with Crippen LogP contribution in [-0.2, 0) is 4.79 Å². The van der Waals surface area contributed by atoms with Gasteiger partial charge < -0.3 is 29.4 Å². The summed E-state index contributed by atoms with van der Waals surface area (Å²) >= 11 is 0. The van der Waals surface area contributed by atoms with Crippen LogP contribution in [0.5, 0.6) is 17.2 Å². The summed E-state index contributed by atoms with van der Waals surface area (Å²) in [6.45, 7) is 0. The van der Waals surface area contributed by atoms with E-state index in [2.05, 4.69) is 5.32 Å². The van der Waals surface area contributed by atoms with Gasteiger partial charge in [0.05, 0.1) is 27.4 Å². The van der Waals surface area contributed by atoms with E-state index in [-0.39, 0.29) is 6.42 Å². The number of carbonyl (C=O) groups is 2. The molecule has 0 saturated heterocycles. The third-order valence-corrected chi connectivity index (χ3v) is 3.84. The maximum Gasteiger partial charge on any atom is 0.251 e. The fourth-order valence-corrected chi connectivity index (χ4v) is 2.47. The third kappa shape index (κ3) is 4.66. The van der Waals surface area contributed by atoms with Crippen LogP contribution in [-0.4, -0.2) is 33.2 Å². The van der Waals surface area contributed by atoms with E-state index in [0.29, 0.717) is 28.4 Å². The standard InChI is InChI=1S/C19H21NO6/c1-24-14-7-4-12(5-8-14)19(23)20-15(11-18(21)22)13-6-9-16(25-2)17(10-13)26-3/h4-10,15H,11H2,1-3H3,(H,20,23)(H,21,22)/p-1/t15-/m1/s1. The fourth-order valence-electron chi connectivity index (χ4n) is 2.47. The van der Waals surface area contributed by atoms with Crippen LogP contribution in [0.15, 0.2) is 42.5 Å². The quantitative estimate of drug-likeness (QED) is 0.764. The lowest BCUT2D eigenvalue weighted by molar-refractivity contribution is -0.306. The number of benzene rings is 2. The summed E-state index contributed by atoms with van der Waals surface area (Å²) in [6.07, 6.45) is -0.378. The van der Waals surface area contributed by atoms with Crippen LogP contribution in [0.4, 0.5) is 0 Å². The Balaban J connectivity index is 2.26. The number of hydrogen-bond donors (Lipinski definition) is 1. The number of carboxylic acids is 1. The van der Waals surface area contributed by atoms with Gasteiger partial charge in [0, 0.05) is 18.0 Å². The van der Waals surface area contributed by atoms with Crippen LogP contribution in [0.2, 0.25) is 0 Å². The Morgan fingerprint density at radius 1 is 0.962 bits per heavy atom. The molecule has 0 bridgehead atoms. The van der Waals surface area contributed by atoms with Gasteiger partial charge in [-0.05, 0) is 42.0 Å². The average molecular weight is 358 g/mol. The molecule has 7 nitrogen and oxygen atoms in total. The van der Waals surface area contributed by atoms with Crippen molar-refractivity contribution in [2.75, 3.05) is 21.3 Å². The van der Waals surface area contributed by atoms with Crippen LogP contribution >= 0.6 is 0 Å². The van der Waals surface area contributed by atoms with E-state index in [4.69, 9.17) is 14.2 Å². The number of carboxylic acid groups (broad SMARTS) is 1. The number of ether oxygens (including phenoxy) is 3. The summed E-state index contributed by atoms with van der Waals surface area (Å²) in [7, 11) is 4.51. The molecule has 1 N–H and O–H groups in total. The minimum Gasteiger partial charge on any atom is -0.550 e. The van der Waals surface area contributed by atoms with Gasteiger partial charge in [0.1, 0.15) is 5.75 Å². The fraction of sp³-hybridized carbons (Fsp3) is 0.263. The van der Waals surface area contributed by atoms with E-state index in [1.54, 1.807) is 42.5 Å². The Morgan fingerprint density at radius 2 is 1.62 bits per heavy atom. The Morgan fingerprint density at radius 3 is 2.15 bits per heavy atom. The maximum absolute atomic E-state index is 12.5. The summed E-state index contributed by atoms with van der Waals surface area (Å²) < 4.78 is 15.5. The lowest BCUT2D eigenvalue weighted by Gasteiger charge is -2.21. The SMILES string of the molecule is COc1ccc(C(=O)N[C@H](CC(=O)[O-])c2ccc(OC)c(OC)c2)cc1. The molecule has 0 aliphatic heterocycles. The Labute approximate surface area is 151 Å². The molecule has 0 spiro atoms. The van der Waals surface area contributed by atoms with E-state index < -0.39 is 17.9 Å². The summed E-state index contributed by atoms with van der Waals surface area (Å²) in [5.41, 5.74) is 0.948. The molecule has 0 heterocycles. The Bertz CT molecular complexity index is 772. The van der Waals surface area contributed by atoms with Crippen LogP contribution in [0.1, 0.15) is 28.4 Å². The van der Waals surface area contributed by atoms with Crippen molar-refractivity contribution in [2.45, 2.75) is 12.5 Å². The van der Waals surface area contributed by atoms with Gasteiger partial charge in [0.15, 0.2) is 11.5 Å². The topological polar surface area (TPSA) is 96.9 Å². The second-order valence-electron chi connectivity index (χ2n) is 5.45. The first-order valence-corrected chi connectivity index (χ1v) is 7.85. The summed E-state index contributed by atoms with van der Waals surface area (Å²) in [4.78, 5) is 23.6. The Kier molecular flexibility index (Phi) is 6.43. The molecular weight excluding hydrogens is 338 g/mol. The second-order valence-corrected chi connectivity index (χ2v) is 5.45. The molecule has 1 atom stereocenters. The largest absolute Gasteiger partial charge is 0.550 e. The van der Waals surface area contributed by atoms with Gasteiger partial charge in [0.25, 0.3) is 5.91 Å². The van der Waals surface area contributed by atoms with E-state index in [0.717, 1.165) is 0 Å². The molecule has 0 aromatic heterocycles. The van der Waals surface area contributed by atoms with E-state index in [1.165, 1.54) is 21.3 Å². The molecule has 2 aromatic rings. The molecular formula is C19H20NO6-. The zero-order valence-electron chi connectivity index (χ0n) is 14.8. The van der Waals surface area contributed by atoms with Gasteiger partial charge in [-0.15, -0.1) is 0 Å². The molecule has 0 aliphatic carbocycles. The zero-order chi connectivity index (χ0) is 19.1. The maximum atomic E-state index is 12.5. The number of hydrogen-bond acceptors (Lipinski definition) is 6. The van der Waals surface area contributed by atoms with Gasteiger partial charge in [-0.1, -0.05) is 6.07 Å². The van der Waals surface area contributed by atoms with E-state index in [1.807, 2.05) is 0 Å². The zero-order valence-corrected chi connectivity index (χ0v) is 14.8. The summed E-state index contributed by atoms with van der Waals surface area (Å²) in [5, 5.41) is 13.8. The highest BCUT2D eigenvalue weighted by Crippen LogP contribution is 2.31. The third-order valence-electron chi connectivity index (χ3n) is 3.84. The van der Waals surface area contributed by atoms with Crippen molar-refractivity contribution >= 4 is 11.9 Å². The molecule has 0 radical (unpaired) electrons. The van der Waals surface area contributed by atoms with Gasteiger partial charge in [-0.3, -0.25) is 4.79 Å². The number of rotatable bonds is 8. The number of carbonyl (C=O) groups excluding carboxylic acids is 2. The predicted molar refractivity (Wildman–Crippen MR) is 92.4 cm³/mol. The van der Waals surface area contributed by atoms with Crippen molar-refractivity contribution in [3.05, 3.63) is 53.6 Å². The molecule has 138 valence electrons. The van der Waals surface area contributed by atoms with Crippen molar-refractivity contribution in [1.82, 2.24) is 5.32 Å². The number of amides is 1. The summed E-state index contributed by atoms with van der Waals surface area (Å²) in [5.74, 6) is -0.127. The molecule has 26 heavy (non-hydrogen) atoms. The van der Waals surface area contributed by atoms with Gasteiger partial charge >= 0.3 is 0 Å². The molecule has 0 aliphatic rings. The normalized spacial score (nSPS) is 11.3.